The molecule has 0 aliphatic heterocycles. The smallest absolute Gasteiger partial charge is 0.297 e. The lowest BCUT2D eigenvalue weighted by atomic mass is 10.2. The lowest BCUT2D eigenvalue weighted by Gasteiger charge is -2.09. The molecular formula is C13H12BrClN2O2. The minimum Gasteiger partial charge on any atom is -0.297 e. The van der Waals surface area contributed by atoms with Crippen molar-refractivity contribution in [2.24, 2.45) is 0 Å². The number of hydrogen-bond acceptors (Lipinski definition) is 2. The molecule has 0 saturated carbocycles. The zero-order valence-corrected chi connectivity index (χ0v) is 12.8. The lowest BCUT2D eigenvalue weighted by molar-refractivity contribution is 0.841. The third kappa shape index (κ3) is 2.53. The Morgan fingerprint density at radius 2 is 2.05 bits per heavy atom. The number of nitrogens with one attached hydrogen (secondary N) is 1. The molecule has 100 valence electrons. The second-order valence-electron chi connectivity index (χ2n) is 4.15. The van der Waals surface area contributed by atoms with E-state index in [1.165, 1.54) is 0 Å². The highest BCUT2D eigenvalue weighted by Gasteiger charge is 2.13. The summed E-state index contributed by atoms with van der Waals surface area (Å²) in [5.74, 6) is 0. The highest BCUT2D eigenvalue weighted by molar-refractivity contribution is 9.10. The van der Waals surface area contributed by atoms with Gasteiger partial charge in [0.1, 0.15) is 5.15 Å². The molecule has 0 saturated heterocycles. The summed E-state index contributed by atoms with van der Waals surface area (Å²) in [6.45, 7) is 3.75. The number of hydrogen-bond donors (Lipinski definition) is 1. The summed E-state index contributed by atoms with van der Waals surface area (Å²) in [7, 11) is 0. The van der Waals surface area contributed by atoms with Crippen LogP contribution in [0.15, 0.2) is 32.3 Å². The third-order valence-electron chi connectivity index (χ3n) is 2.91. The number of nitrogens with zero attached hydrogens (tertiary/aromatic N) is 1. The van der Waals surface area contributed by atoms with Gasteiger partial charge in [0.25, 0.3) is 5.56 Å². The average molecular weight is 344 g/mol. The largest absolute Gasteiger partial charge is 0.334 e. The fraction of sp³-hybridized carbons (Fsp3) is 0.231. The van der Waals surface area contributed by atoms with Crippen molar-refractivity contribution in [3.05, 3.63) is 59.8 Å². The Bertz CT molecular complexity index is 749. The molecule has 1 N–H and O–H groups in total. The van der Waals surface area contributed by atoms with E-state index in [0.717, 1.165) is 14.6 Å². The predicted octanol–water partition coefficient (Wildman–Crippen LogP) is 2.81. The SMILES string of the molecule is CCc1c(Cl)[nH]c(=O)n(-c2ccc(C)c(Br)c2)c1=O. The van der Waals surface area contributed by atoms with Crippen LogP contribution in [0.2, 0.25) is 5.15 Å². The lowest BCUT2D eigenvalue weighted by Crippen LogP contribution is -2.36. The molecular weight excluding hydrogens is 332 g/mol. The molecule has 2 rings (SSSR count). The number of rotatable bonds is 2. The Labute approximate surface area is 123 Å². The van der Waals surface area contributed by atoms with Crippen LogP contribution in [0.3, 0.4) is 0 Å². The first-order valence-corrected chi connectivity index (χ1v) is 6.93. The second kappa shape index (κ2) is 5.35. The minimum atomic E-state index is -0.539. The van der Waals surface area contributed by atoms with Crippen LogP contribution in [0.4, 0.5) is 0 Å². The van der Waals surface area contributed by atoms with Crippen LogP contribution < -0.4 is 11.2 Å². The summed E-state index contributed by atoms with van der Waals surface area (Å²) in [6, 6.07) is 5.30. The van der Waals surface area contributed by atoms with Crippen LogP contribution in [0.1, 0.15) is 18.1 Å². The summed E-state index contributed by atoms with van der Waals surface area (Å²) < 4.78 is 1.93. The monoisotopic (exact) mass is 342 g/mol. The summed E-state index contributed by atoms with van der Waals surface area (Å²) in [6.07, 6.45) is 0.460. The Balaban J connectivity index is 2.79. The van der Waals surface area contributed by atoms with Gasteiger partial charge in [-0.2, -0.15) is 0 Å². The number of aryl methyl sites for hydroxylation is 1. The first-order valence-electron chi connectivity index (χ1n) is 5.76. The molecule has 4 nitrogen and oxygen atoms in total. The molecule has 1 aromatic heterocycles. The maximum atomic E-state index is 12.3. The molecule has 1 heterocycles. The summed E-state index contributed by atoms with van der Waals surface area (Å²) >= 11 is 9.26. The van der Waals surface area contributed by atoms with Crippen molar-refractivity contribution in [2.75, 3.05) is 0 Å². The van der Waals surface area contributed by atoms with Crippen LogP contribution in [-0.2, 0) is 6.42 Å². The molecule has 6 heteroatoms. The third-order valence-corrected chi connectivity index (χ3v) is 4.09. The highest BCUT2D eigenvalue weighted by atomic mass is 79.9. The fourth-order valence-corrected chi connectivity index (χ4v) is 2.47. The van der Waals surface area contributed by atoms with E-state index >= 15 is 0 Å². The molecule has 0 aliphatic rings. The summed E-state index contributed by atoms with van der Waals surface area (Å²) in [4.78, 5) is 26.7. The van der Waals surface area contributed by atoms with E-state index in [0.29, 0.717) is 17.7 Å². The van der Waals surface area contributed by atoms with Gasteiger partial charge in [0, 0.05) is 4.47 Å². The van der Waals surface area contributed by atoms with Gasteiger partial charge in [-0.05, 0) is 31.0 Å². The molecule has 0 fully saturated rings. The van der Waals surface area contributed by atoms with E-state index in [4.69, 9.17) is 11.6 Å². The van der Waals surface area contributed by atoms with Gasteiger partial charge < -0.3 is 0 Å². The van der Waals surface area contributed by atoms with Gasteiger partial charge in [0.2, 0.25) is 0 Å². The van der Waals surface area contributed by atoms with Crippen molar-refractivity contribution >= 4 is 27.5 Å². The van der Waals surface area contributed by atoms with E-state index in [2.05, 4.69) is 20.9 Å². The number of benzene rings is 1. The van der Waals surface area contributed by atoms with Crippen LogP contribution in [0, 0.1) is 6.92 Å². The van der Waals surface area contributed by atoms with Crippen LogP contribution in [0.5, 0.6) is 0 Å². The molecule has 0 radical (unpaired) electrons. The highest BCUT2D eigenvalue weighted by Crippen LogP contribution is 2.19. The fourth-order valence-electron chi connectivity index (χ4n) is 1.81. The number of halogens is 2. The zero-order chi connectivity index (χ0) is 14.2. The predicted molar refractivity (Wildman–Crippen MR) is 79.5 cm³/mol. The first-order chi connectivity index (χ1) is 8.95. The van der Waals surface area contributed by atoms with Gasteiger partial charge in [-0.15, -0.1) is 0 Å². The summed E-state index contributed by atoms with van der Waals surface area (Å²) in [5, 5.41) is 0.111. The molecule has 0 amide bonds. The van der Waals surface area contributed by atoms with Gasteiger partial charge in [-0.1, -0.05) is 40.5 Å². The number of aromatic nitrogens is 2. The maximum absolute atomic E-state index is 12.3. The van der Waals surface area contributed by atoms with E-state index in [9.17, 15) is 9.59 Å². The van der Waals surface area contributed by atoms with E-state index in [1.54, 1.807) is 12.1 Å². The normalized spacial score (nSPS) is 10.7. The van der Waals surface area contributed by atoms with Crippen molar-refractivity contribution in [1.82, 2.24) is 9.55 Å². The second-order valence-corrected chi connectivity index (χ2v) is 5.38. The average Bonchev–Trinajstić information content (AvgIpc) is 2.33. The Morgan fingerprint density at radius 3 is 2.63 bits per heavy atom. The molecule has 19 heavy (non-hydrogen) atoms. The number of aromatic amines is 1. The molecule has 2 aromatic rings. The van der Waals surface area contributed by atoms with E-state index in [-0.39, 0.29) is 10.7 Å². The Kier molecular flexibility index (Phi) is 3.96. The van der Waals surface area contributed by atoms with Crippen molar-refractivity contribution in [2.45, 2.75) is 20.3 Å². The van der Waals surface area contributed by atoms with E-state index < -0.39 is 5.69 Å². The number of H-pyrrole nitrogens is 1. The van der Waals surface area contributed by atoms with Crippen LogP contribution in [-0.4, -0.2) is 9.55 Å². The van der Waals surface area contributed by atoms with Gasteiger partial charge in [-0.25, -0.2) is 9.36 Å². The summed E-state index contributed by atoms with van der Waals surface area (Å²) in [5.41, 5.74) is 1.01. The van der Waals surface area contributed by atoms with Crippen molar-refractivity contribution in [1.29, 1.82) is 0 Å². The first kappa shape index (κ1) is 14.1. The minimum absolute atomic E-state index is 0.111. The molecule has 0 aliphatic carbocycles. The van der Waals surface area contributed by atoms with Crippen molar-refractivity contribution in [3.63, 3.8) is 0 Å². The van der Waals surface area contributed by atoms with Crippen LogP contribution in [0.25, 0.3) is 5.69 Å². The van der Waals surface area contributed by atoms with Crippen LogP contribution >= 0.6 is 27.5 Å². The molecule has 0 unspecified atom stereocenters. The topological polar surface area (TPSA) is 54.9 Å². The standard InChI is InChI=1S/C13H12BrClN2O2/c1-3-9-11(15)16-13(19)17(12(9)18)8-5-4-7(2)10(14)6-8/h4-6H,3H2,1-2H3,(H,16,19). The zero-order valence-electron chi connectivity index (χ0n) is 10.5. The molecule has 0 spiro atoms. The van der Waals surface area contributed by atoms with E-state index in [1.807, 2.05) is 19.9 Å². The van der Waals surface area contributed by atoms with Crippen molar-refractivity contribution in [3.8, 4) is 5.69 Å². The van der Waals surface area contributed by atoms with Crippen molar-refractivity contribution < 1.29 is 0 Å². The van der Waals surface area contributed by atoms with Gasteiger partial charge in [0.05, 0.1) is 11.3 Å². The van der Waals surface area contributed by atoms with Gasteiger partial charge in [-0.3, -0.25) is 9.78 Å². The molecule has 0 atom stereocenters. The molecule has 1 aromatic carbocycles. The van der Waals surface area contributed by atoms with Gasteiger partial charge >= 0.3 is 5.69 Å². The Morgan fingerprint density at radius 1 is 1.37 bits per heavy atom. The Hall–Kier alpha value is -1.33. The molecule has 0 bridgehead atoms. The maximum Gasteiger partial charge on any atom is 0.334 e. The van der Waals surface area contributed by atoms with Gasteiger partial charge in [0.15, 0.2) is 0 Å². The quantitative estimate of drug-likeness (QED) is 0.853.